The fourth-order valence-electron chi connectivity index (χ4n) is 3.42. The van der Waals surface area contributed by atoms with E-state index < -0.39 is 5.60 Å². The maximum atomic E-state index is 10.1. The average molecular weight is 430 g/mol. The predicted octanol–water partition coefficient (Wildman–Crippen LogP) is 3.33. The first-order chi connectivity index (χ1) is 14.3. The molecule has 0 saturated carbocycles. The van der Waals surface area contributed by atoms with Crippen molar-refractivity contribution < 1.29 is 10.2 Å². The van der Waals surface area contributed by atoms with E-state index in [9.17, 15) is 10.2 Å². The Bertz CT molecular complexity index is 1210. The molecule has 0 amide bonds. The van der Waals surface area contributed by atoms with Gasteiger partial charge >= 0.3 is 0 Å². The summed E-state index contributed by atoms with van der Waals surface area (Å²) < 4.78 is 3.33. The zero-order valence-corrected chi connectivity index (χ0v) is 17.8. The molecule has 9 nitrogen and oxygen atoms in total. The molecule has 3 aromatic heterocycles. The number of fused-ring (bicyclic) bond motifs is 2. The monoisotopic (exact) mass is 429 g/mol. The topological polar surface area (TPSA) is 113 Å². The van der Waals surface area contributed by atoms with Crippen LogP contribution in [-0.4, -0.2) is 46.7 Å². The van der Waals surface area contributed by atoms with E-state index in [1.807, 2.05) is 25.1 Å². The number of aliphatic hydroxyl groups is 2. The van der Waals surface area contributed by atoms with Crippen LogP contribution < -0.4 is 10.6 Å². The van der Waals surface area contributed by atoms with Crippen LogP contribution in [0.3, 0.4) is 0 Å². The van der Waals surface area contributed by atoms with E-state index in [1.54, 1.807) is 35.5 Å². The van der Waals surface area contributed by atoms with Crippen LogP contribution in [0.25, 0.3) is 21.9 Å². The Balaban J connectivity index is 1.78. The Morgan fingerprint density at radius 3 is 2.73 bits per heavy atom. The van der Waals surface area contributed by atoms with Crippen molar-refractivity contribution in [3.63, 3.8) is 0 Å². The molecule has 0 saturated heterocycles. The SMILES string of the molecule is CCNc1nc(Nc2cccc3c2cnn3CC(C)(C)O)nc2c1c(Cl)cn2CO. The van der Waals surface area contributed by atoms with Crippen LogP contribution in [-0.2, 0) is 13.3 Å². The summed E-state index contributed by atoms with van der Waals surface area (Å²) in [5, 5.41) is 32.7. The minimum atomic E-state index is -0.883. The molecule has 158 valence electrons. The molecule has 0 aliphatic heterocycles. The van der Waals surface area contributed by atoms with Crippen LogP contribution in [0.15, 0.2) is 30.6 Å². The second-order valence-electron chi connectivity index (χ2n) is 7.69. The highest BCUT2D eigenvalue weighted by molar-refractivity contribution is 6.36. The summed E-state index contributed by atoms with van der Waals surface area (Å²) in [4.78, 5) is 9.15. The molecule has 0 aliphatic rings. The molecule has 1 aromatic carbocycles. The van der Waals surface area contributed by atoms with E-state index in [4.69, 9.17) is 11.6 Å². The molecule has 0 fully saturated rings. The Morgan fingerprint density at radius 1 is 1.23 bits per heavy atom. The molecular formula is C20H24ClN7O2. The molecule has 4 aromatic rings. The lowest BCUT2D eigenvalue weighted by atomic mass is 10.1. The summed E-state index contributed by atoms with van der Waals surface area (Å²) in [5.74, 6) is 0.956. The molecule has 4 N–H and O–H groups in total. The number of halogens is 1. The number of nitrogens with one attached hydrogen (secondary N) is 2. The normalized spacial score (nSPS) is 12.1. The van der Waals surface area contributed by atoms with Crippen LogP contribution in [0.5, 0.6) is 0 Å². The van der Waals surface area contributed by atoms with Crippen molar-refractivity contribution in [2.24, 2.45) is 0 Å². The zero-order valence-electron chi connectivity index (χ0n) is 17.0. The van der Waals surface area contributed by atoms with Crippen LogP contribution in [0.4, 0.5) is 17.5 Å². The van der Waals surface area contributed by atoms with E-state index >= 15 is 0 Å². The van der Waals surface area contributed by atoms with Crippen LogP contribution >= 0.6 is 11.6 Å². The van der Waals surface area contributed by atoms with Crippen molar-refractivity contribution >= 4 is 51.0 Å². The zero-order chi connectivity index (χ0) is 21.5. The van der Waals surface area contributed by atoms with Crippen molar-refractivity contribution in [2.45, 2.75) is 39.6 Å². The summed E-state index contributed by atoms with van der Waals surface area (Å²) in [6.45, 7) is 6.24. The van der Waals surface area contributed by atoms with E-state index in [2.05, 4.69) is 25.7 Å². The van der Waals surface area contributed by atoms with Gasteiger partial charge in [0, 0.05) is 18.1 Å². The number of aliphatic hydroxyl groups excluding tert-OH is 1. The minimum absolute atomic E-state index is 0.245. The van der Waals surface area contributed by atoms with Gasteiger partial charge in [0.25, 0.3) is 0 Å². The van der Waals surface area contributed by atoms with E-state index in [0.29, 0.717) is 40.9 Å². The Kier molecular flexibility index (Phi) is 5.27. The number of aromatic nitrogens is 5. The second kappa shape index (κ2) is 7.75. The third kappa shape index (κ3) is 3.79. The smallest absolute Gasteiger partial charge is 0.231 e. The number of rotatable bonds is 7. The number of hydrogen-bond donors (Lipinski definition) is 4. The van der Waals surface area contributed by atoms with Crippen LogP contribution in [0.1, 0.15) is 20.8 Å². The second-order valence-corrected chi connectivity index (χ2v) is 8.10. The molecule has 0 bridgehead atoms. The first-order valence-electron chi connectivity index (χ1n) is 9.65. The van der Waals surface area contributed by atoms with Crippen molar-refractivity contribution in [3.8, 4) is 0 Å². The van der Waals surface area contributed by atoms with Crippen LogP contribution in [0, 0.1) is 0 Å². The third-order valence-corrected chi connectivity index (χ3v) is 4.92. The van der Waals surface area contributed by atoms with Crippen LogP contribution in [0.2, 0.25) is 5.02 Å². The highest BCUT2D eigenvalue weighted by Gasteiger charge is 2.18. The maximum absolute atomic E-state index is 10.1. The number of benzene rings is 1. The average Bonchev–Trinajstić information content (AvgIpc) is 3.22. The molecule has 30 heavy (non-hydrogen) atoms. The van der Waals surface area contributed by atoms with Gasteiger partial charge in [-0.1, -0.05) is 17.7 Å². The lowest BCUT2D eigenvalue weighted by Crippen LogP contribution is -2.26. The lowest BCUT2D eigenvalue weighted by molar-refractivity contribution is 0.0591. The number of anilines is 3. The molecule has 0 atom stereocenters. The van der Waals surface area contributed by atoms with Crippen molar-refractivity contribution in [2.75, 3.05) is 17.2 Å². The standard InChI is InChI=1S/C20H24ClN7O2/c1-4-22-17-16-13(21)9-27(11-29)18(16)26-19(25-17)24-14-6-5-7-15-12(14)8-23-28(15)10-20(2,3)30/h5-9,29-30H,4,10-11H2,1-3H3,(H2,22,24,25,26). The van der Waals surface area contributed by atoms with Crippen molar-refractivity contribution in [1.29, 1.82) is 0 Å². The van der Waals surface area contributed by atoms with Gasteiger partial charge in [0.15, 0.2) is 5.65 Å². The first kappa shape index (κ1) is 20.4. The summed E-state index contributed by atoms with van der Waals surface area (Å²) in [6, 6.07) is 5.77. The van der Waals surface area contributed by atoms with Crippen molar-refractivity contribution in [3.05, 3.63) is 35.6 Å². The van der Waals surface area contributed by atoms with Gasteiger partial charge in [-0.25, -0.2) is 0 Å². The fraction of sp³-hybridized carbons (Fsp3) is 0.350. The minimum Gasteiger partial charge on any atom is -0.389 e. The van der Waals surface area contributed by atoms with Gasteiger partial charge in [0.05, 0.1) is 40.0 Å². The van der Waals surface area contributed by atoms with Gasteiger partial charge < -0.3 is 25.4 Å². The van der Waals surface area contributed by atoms with E-state index in [0.717, 1.165) is 16.6 Å². The van der Waals surface area contributed by atoms with Gasteiger partial charge in [-0.05, 0) is 32.9 Å². The van der Waals surface area contributed by atoms with E-state index in [1.165, 1.54) is 0 Å². The summed E-state index contributed by atoms with van der Waals surface area (Å²) in [7, 11) is 0. The predicted molar refractivity (Wildman–Crippen MR) is 118 cm³/mol. The summed E-state index contributed by atoms with van der Waals surface area (Å²) in [6.07, 6.45) is 3.38. The van der Waals surface area contributed by atoms with E-state index in [-0.39, 0.29) is 6.73 Å². The summed E-state index contributed by atoms with van der Waals surface area (Å²) >= 11 is 6.34. The number of nitrogens with zero attached hydrogens (tertiary/aromatic N) is 5. The molecular weight excluding hydrogens is 406 g/mol. The van der Waals surface area contributed by atoms with Gasteiger partial charge in [0.2, 0.25) is 5.95 Å². The Morgan fingerprint density at radius 2 is 2.03 bits per heavy atom. The molecule has 3 heterocycles. The Labute approximate surface area is 178 Å². The quantitative estimate of drug-likeness (QED) is 0.356. The summed E-state index contributed by atoms with van der Waals surface area (Å²) in [5.41, 5.74) is 1.31. The molecule has 0 unspecified atom stereocenters. The largest absolute Gasteiger partial charge is 0.389 e. The first-order valence-corrected chi connectivity index (χ1v) is 10.0. The molecule has 0 aliphatic carbocycles. The van der Waals surface area contributed by atoms with Gasteiger partial charge in [-0.15, -0.1) is 0 Å². The number of hydrogen-bond acceptors (Lipinski definition) is 7. The lowest BCUT2D eigenvalue weighted by Gasteiger charge is -2.17. The highest BCUT2D eigenvalue weighted by Crippen LogP contribution is 2.33. The van der Waals surface area contributed by atoms with Gasteiger partial charge in [0.1, 0.15) is 12.5 Å². The van der Waals surface area contributed by atoms with Gasteiger partial charge in [-0.2, -0.15) is 15.1 Å². The fourth-order valence-corrected chi connectivity index (χ4v) is 3.72. The van der Waals surface area contributed by atoms with Crippen molar-refractivity contribution in [1.82, 2.24) is 24.3 Å². The van der Waals surface area contributed by atoms with Gasteiger partial charge in [-0.3, -0.25) is 4.68 Å². The maximum Gasteiger partial charge on any atom is 0.231 e. The molecule has 4 rings (SSSR count). The molecule has 0 spiro atoms. The third-order valence-electron chi connectivity index (χ3n) is 4.64. The molecule has 0 radical (unpaired) electrons. The molecule has 10 heteroatoms. The Hall–Kier alpha value is -2.88. The highest BCUT2D eigenvalue weighted by atomic mass is 35.5.